The van der Waals surface area contributed by atoms with Crippen molar-refractivity contribution >= 4 is 5.97 Å². The summed E-state index contributed by atoms with van der Waals surface area (Å²) < 4.78 is 22.9. The normalized spacial score (nSPS) is 19.8. The molecular formula is C56H102O9. The minimum Gasteiger partial charge on any atom is -0.457 e. The highest BCUT2D eigenvalue weighted by molar-refractivity contribution is 5.69. The first-order valence-corrected chi connectivity index (χ1v) is 27.2. The number of hydrogen-bond donors (Lipinski definition) is 4. The predicted molar refractivity (Wildman–Crippen MR) is 270 cm³/mol. The van der Waals surface area contributed by atoms with Crippen molar-refractivity contribution in [1.82, 2.24) is 0 Å². The van der Waals surface area contributed by atoms with Crippen LogP contribution in [0.5, 0.6) is 0 Å². The van der Waals surface area contributed by atoms with E-state index >= 15 is 0 Å². The quantitative estimate of drug-likeness (QED) is 0.0267. The van der Waals surface area contributed by atoms with Crippen LogP contribution < -0.4 is 0 Å². The van der Waals surface area contributed by atoms with Crippen LogP contribution in [0.2, 0.25) is 0 Å². The Kier molecular flexibility index (Phi) is 44.4. The number of rotatable bonds is 47. The van der Waals surface area contributed by atoms with Crippen LogP contribution in [-0.2, 0) is 23.7 Å². The lowest BCUT2D eigenvalue weighted by atomic mass is 9.99. The summed E-state index contributed by atoms with van der Waals surface area (Å²) in [6, 6.07) is 0. The number of hydrogen-bond acceptors (Lipinski definition) is 9. The van der Waals surface area contributed by atoms with E-state index in [-0.39, 0.29) is 19.2 Å². The lowest BCUT2D eigenvalue weighted by Gasteiger charge is -2.39. The van der Waals surface area contributed by atoms with E-state index in [1.165, 1.54) is 154 Å². The number of unbranched alkanes of at least 4 members (excludes halogenated alkanes) is 28. The minimum absolute atomic E-state index is 0.119. The summed E-state index contributed by atoms with van der Waals surface area (Å²) >= 11 is 0. The van der Waals surface area contributed by atoms with Gasteiger partial charge in [-0.3, -0.25) is 4.79 Å². The van der Waals surface area contributed by atoms with E-state index < -0.39 is 43.4 Å². The van der Waals surface area contributed by atoms with Gasteiger partial charge in [-0.15, -0.1) is 0 Å². The summed E-state index contributed by atoms with van der Waals surface area (Å²) in [5.74, 6) is -0.325. The number of ether oxygens (including phenoxy) is 4. The van der Waals surface area contributed by atoms with E-state index in [9.17, 15) is 25.2 Å². The van der Waals surface area contributed by atoms with Gasteiger partial charge in [0.2, 0.25) is 0 Å². The molecular weight excluding hydrogens is 817 g/mol. The van der Waals surface area contributed by atoms with Crippen LogP contribution in [0.25, 0.3) is 0 Å². The lowest BCUT2D eigenvalue weighted by molar-refractivity contribution is -0.305. The summed E-state index contributed by atoms with van der Waals surface area (Å²) in [6.07, 6.45) is 52.9. The molecule has 1 saturated heterocycles. The Morgan fingerprint density at radius 3 is 1.34 bits per heavy atom. The van der Waals surface area contributed by atoms with Crippen molar-refractivity contribution in [1.29, 1.82) is 0 Å². The number of aliphatic hydroxyl groups is 4. The van der Waals surface area contributed by atoms with Gasteiger partial charge in [0.15, 0.2) is 6.29 Å². The molecule has 380 valence electrons. The van der Waals surface area contributed by atoms with Crippen LogP contribution in [0.3, 0.4) is 0 Å². The molecule has 0 aromatic heterocycles. The van der Waals surface area contributed by atoms with Crippen molar-refractivity contribution in [3.8, 4) is 0 Å². The topological polar surface area (TPSA) is 135 Å². The number of esters is 1. The zero-order valence-electron chi connectivity index (χ0n) is 42.0. The van der Waals surface area contributed by atoms with E-state index in [0.717, 1.165) is 64.2 Å². The van der Waals surface area contributed by atoms with E-state index in [1.54, 1.807) is 0 Å². The average molecular weight is 919 g/mol. The first-order valence-electron chi connectivity index (χ1n) is 27.2. The Hall–Kier alpha value is -1.85. The molecule has 1 heterocycles. The molecule has 9 heteroatoms. The maximum Gasteiger partial charge on any atom is 0.306 e. The van der Waals surface area contributed by atoms with Gasteiger partial charge in [0.05, 0.1) is 19.8 Å². The van der Waals surface area contributed by atoms with Gasteiger partial charge in [-0.25, -0.2) is 0 Å². The summed E-state index contributed by atoms with van der Waals surface area (Å²) in [6.45, 7) is 4.54. The highest BCUT2D eigenvalue weighted by Gasteiger charge is 2.44. The Morgan fingerprint density at radius 2 is 0.892 bits per heavy atom. The van der Waals surface area contributed by atoms with Gasteiger partial charge in [0.1, 0.15) is 30.5 Å². The van der Waals surface area contributed by atoms with Crippen molar-refractivity contribution in [2.45, 2.75) is 275 Å². The molecule has 0 amide bonds. The van der Waals surface area contributed by atoms with Crippen molar-refractivity contribution in [2.75, 3.05) is 26.4 Å². The Bertz CT molecular complexity index is 1140. The first kappa shape index (κ1) is 61.2. The second-order valence-corrected chi connectivity index (χ2v) is 18.7. The predicted octanol–water partition coefficient (Wildman–Crippen LogP) is 13.6. The Balaban J connectivity index is 2.16. The van der Waals surface area contributed by atoms with E-state index in [4.69, 9.17) is 18.9 Å². The molecule has 0 aromatic carbocycles. The van der Waals surface area contributed by atoms with Crippen LogP contribution in [0.1, 0.15) is 239 Å². The standard InChI is InChI=1S/C56H102O9/c1-3-5-7-9-11-13-15-17-19-21-22-23-24-25-26-27-28-29-30-32-34-36-38-40-42-44-46-62-48-50(49-63-56-55(61)54(60)53(59)51(47-57)65-56)64-52(58)45-43-41-39-37-35-33-31-20-18-16-14-12-10-8-6-4-2/h14-17,20-22,31,50-51,53-57,59-61H,3-13,18-19,23-30,32-49H2,1-2H3/b16-14-,17-15-,22-21-,31-20-. The molecule has 0 radical (unpaired) electrons. The Morgan fingerprint density at radius 1 is 0.492 bits per heavy atom. The largest absolute Gasteiger partial charge is 0.457 e. The first-order chi connectivity index (χ1) is 31.9. The molecule has 0 aromatic rings. The third kappa shape index (κ3) is 37.8. The van der Waals surface area contributed by atoms with Gasteiger partial charge in [-0.05, 0) is 77.0 Å². The number of carbonyl (C=O) groups is 1. The van der Waals surface area contributed by atoms with Gasteiger partial charge in [0.25, 0.3) is 0 Å². The third-order valence-electron chi connectivity index (χ3n) is 12.5. The molecule has 4 N–H and O–H groups in total. The minimum atomic E-state index is -1.54. The van der Waals surface area contributed by atoms with E-state index in [0.29, 0.717) is 13.0 Å². The molecule has 1 rings (SSSR count). The molecule has 0 saturated carbocycles. The monoisotopic (exact) mass is 919 g/mol. The molecule has 9 nitrogen and oxygen atoms in total. The van der Waals surface area contributed by atoms with Gasteiger partial charge >= 0.3 is 5.97 Å². The number of allylic oxidation sites excluding steroid dienone is 8. The van der Waals surface area contributed by atoms with Crippen molar-refractivity contribution < 1.29 is 44.2 Å². The van der Waals surface area contributed by atoms with Crippen LogP contribution in [0.4, 0.5) is 0 Å². The fourth-order valence-corrected chi connectivity index (χ4v) is 8.20. The third-order valence-corrected chi connectivity index (χ3v) is 12.5. The zero-order valence-corrected chi connectivity index (χ0v) is 42.0. The smallest absolute Gasteiger partial charge is 0.306 e. The zero-order chi connectivity index (χ0) is 47.1. The Labute approximate surface area is 399 Å². The molecule has 0 bridgehead atoms. The molecule has 65 heavy (non-hydrogen) atoms. The summed E-state index contributed by atoms with van der Waals surface area (Å²) in [5.41, 5.74) is 0. The summed E-state index contributed by atoms with van der Waals surface area (Å²) in [4.78, 5) is 12.8. The maximum absolute atomic E-state index is 12.8. The SMILES string of the molecule is CCCCCC/C=C\C/C=C\CCCCCCCC(=O)OC(COCCCCCCCCCCCCCCCC/C=C\C/C=C\CCCCCCC)COC1OC(CO)C(O)C(O)C1O. The van der Waals surface area contributed by atoms with Crippen LogP contribution >= 0.6 is 0 Å². The van der Waals surface area contributed by atoms with Crippen LogP contribution in [-0.4, -0.2) is 89.6 Å². The van der Waals surface area contributed by atoms with Crippen molar-refractivity contribution in [3.05, 3.63) is 48.6 Å². The fourth-order valence-electron chi connectivity index (χ4n) is 8.20. The number of aliphatic hydroxyl groups excluding tert-OH is 4. The fraction of sp³-hybridized carbons (Fsp3) is 0.839. The van der Waals surface area contributed by atoms with E-state index in [1.807, 2.05) is 0 Å². The van der Waals surface area contributed by atoms with Crippen molar-refractivity contribution in [2.24, 2.45) is 0 Å². The van der Waals surface area contributed by atoms with Gasteiger partial charge in [-0.1, -0.05) is 204 Å². The molecule has 1 aliphatic rings. The van der Waals surface area contributed by atoms with E-state index in [2.05, 4.69) is 62.5 Å². The lowest BCUT2D eigenvalue weighted by Crippen LogP contribution is -2.59. The highest BCUT2D eigenvalue weighted by Crippen LogP contribution is 2.23. The molecule has 6 unspecified atom stereocenters. The average Bonchev–Trinajstić information content (AvgIpc) is 3.31. The maximum atomic E-state index is 12.8. The second-order valence-electron chi connectivity index (χ2n) is 18.7. The second kappa shape index (κ2) is 47.2. The molecule has 0 aliphatic carbocycles. The molecule has 1 fully saturated rings. The summed E-state index contributed by atoms with van der Waals surface area (Å²) in [7, 11) is 0. The highest BCUT2D eigenvalue weighted by atomic mass is 16.7. The summed E-state index contributed by atoms with van der Waals surface area (Å²) in [5, 5.41) is 40.3. The molecule has 6 atom stereocenters. The van der Waals surface area contributed by atoms with Crippen LogP contribution in [0.15, 0.2) is 48.6 Å². The molecule has 0 spiro atoms. The van der Waals surface area contributed by atoms with Crippen LogP contribution in [0, 0.1) is 0 Å². The van der Waals surface area contributed by atoms with Gasteiger partial charge in [-0.2, -0.15) is 0 Å². The molecule has 1 aliphatic heterocycles. The van der Waals surface area contributed by atoms with Gasteiger partial charge in [0, 0.05) is 13.0 Å². The van der Waals surface area contributed by atoms with Gasteiger partial charge < -0.3 is 39.4 Å². The number of carbonyl (C=O) groups excluding carboxylic acids is 1. The van der Waals surface area contributed by atoms with Crippen molar-refractivity contribution in [3.63, 3.8) is 0 Å².